The Balaban J connectivity index is 1.84. The van der Waals surface area contributed by atoms with E-state index in [0.29, 0.717) is 5.65 Å². The first-order valence-corrected chi connectivity index (χ1v) is 7.10. The third kappa shape index (κ3) is 2.20. The van der Waals surface area contributed by atoms with Crippen LogP contribution in [0, 0.1) is 6.92 Å². The largest absolute Gasteiger partial charge is 0.461 e. The maximum absolute atomic E-state index is 12.3. The van der Waals surface area contributed by atoms with Crippen molar-refractivity contribution in [3.8, 4) is 11.1 Å². The molecule has 0 fully saturated rings. The molecule has 112 valence electrons. The number of aromatic nitrogens is 4. The Labute approximate surface area is 131 Å². The van der Waals surface area contributed by atoms with Crippen molar-refractivity contribution in [1.29, 1.82) is 0 Å². The van der Waals surface area contributed by atoms with Crippen LogP contribution in [0.5, 0.6) is 0 Å². The highest BCUT2D eigenvalue weighted by molar-refractivity contribution is 6.05. The molecule has 1 aromatic carbocycles. The van der Waals surface area contributed by atoms with E-state index in [4.69, 9.17) is 4.42 Å². The van der Waals surface area contributed by atoms with Crippen LogP contribution in [0.2, 0.25) is 0 Å². The number of fused-ring (bicyclic) bond motifs is 1. The van der Waals surface area contributed by atoms with E-state index in [1.165, 1.54) is 6.26 Å². The number of hydrogen-bond acceptors (Lipinski definition) is 5. The van der Waals surface area contributed by atoms with Crippen molar-refractivity contribution in [3.63, 3.8) is 0 Å². The van der Waals surface area contributed by atoms with Gasteiger partial charge in [-0.25, -0.2) is 4.52 Å². The Kier molecular flexibility index (Phi) is 3.01. The summed E-state index contributed by atoms with van der Waals surface area (Å²) in [5, 5.41) is 12.7. The molecular weight excluding hydrogens is 292 g/mol. The molecule has 6 heteroatoms. The number of hydrogen-bond donors (Lipinski definition) is 0. The molecule has 0 N–H and O–H groups in total. The minimum absolute atomic E-state index is 0.189. The average molecular weight is 304 g/mol. The molecule has 0 spiro atoms. The SMILES string of the molecule is Cc1nn2cc(C(=O)c3ccco3)nnc2c1-c1ccccc1. The van der Waals surface area contributed by atoms with Crippen molar-refractivity contribution in [1.82, 2.24) is 19.8 Å². The second-order valence-corrected chi connectivity index (χ2v) is 5.12. The molecule has 0 saturated carbocycles. The zero-order chi connectivity index (χ0) is 15.8. The quantitative estimate of drug-likeness (QED) is 0.544. The van der Waals surface area contributed by atoms with Gasteiger partial charge in [0.25, 0.3) is 0 Å². The standard InChI is InChI=1S/C17H12N4O2/c1-11-15(12-6-3-2-4-7-12)17-19-18-13(10-21(17)20-11)16(22)14-8-5-9-23-14/h2-10H,1H3. The molecule has 0 atom stereocenters. The molecule has 3 heterocycles. The topological polar surface area (TPSA) is 73.3 Å². The van der Waals surface area contributed by atoms with Gasteiger partial charge >= 0.3 is 0 Å². The van der Waals surface area contributed by atoms with Gasteiger partial charge < -0.3 is 4.42 Å². The van der Waals surface area contributed by atoms with Gasteiger partial charge in [-0.2, -0.15) is 5.10 Å². The summed E-state index contributed by atoms with van der Waals surface area (Å²) in [6, 6.07) is 13.1. The molecule has 6 nitrogen and oxygen atoms in total. The molecule has 0 bridgehead atoms. The summed E-state index contributed by atoms with van der Waals surface area (Å²) in [5.74, 6) is -0.0929. The lowest BCUT2D eigenvalue weighted by molar-refractivity contribution is 0.100. The maximum Gasteiger partial charge on any atom is 0.249 e. The van der Waals surface area contributed by atoms with Crippen molar-refractivity contribution in [2.24, 2.45) is 0 Å². The van der Waals surface area contributed by atoms with Crippen LogP contribution < -0.4 is 0 Å². The van der Waals surface area contributed by atoms with E-state index in [9.17, 15) is 4.79 Å². The minimum Gasteiger partial charge on any atom is -0.461 e. The third-order valence-electron chi connectivity index (χ3n) is 3.60. The number of furan rings is 1. The van der Waals surface area contributed by atoms with Crippen molar-refractivity contribution in [2.75, 3.05) is 0 Å². The van der Waals surface area contributed by atoms with Gasteiger partial charge in [0.2, 0.25) is 5.78 Å². The fourth-order valence-electron chi connectivity index (χ4n) is 2.54. The normalized spacial score (nSPS) is 11.0. The van der Waals surface area contributed by atoms with Crippen molar-refractivity contribution in [2.45, 2.75) is 6.92 Å². The molecule has 0 aliphatic carbocycles. The van der Waals surface area contributed by atoms with Crippen molar-refractivity contribution in [3.05, 3.63) is 72.1 Å². The molecule has 0 aliphatic heterocycles. The first kappa shape index (κ1) is 13.4. The van der Waals surface area contributed by atoms with Crippen LogP contribution in [-0.2, 0) is 0 Å². The van der Waals surface area contributed by atoms with Gasteiger partial charge in [-0.05, 0) is 24.6 Å². The fourth-order valence-corrected chi connectivity index (χ4v) is 2.54. The Bertz CT molecular complexity index is 988. The average Bonchev–Trinajstić information content (AvgIpc) is 3.21. The molecule has 0 unspecified atom stereocenters. The summed E-state index contributed by atoms with van der Waals surface area (Å²) in [6.07, 6.45) is 3.03. The van der Waals surface area contributed by atoms with Crippen LogP contribution >= 0.6 is 0 Å². The summed E-state index contributed by atoms with van der Waals surface area (Å²) >= 11 is 0. The lowest BCUT2D eigenvalue weighted by Gasteiger charge is -2.00. The smallest absolute Gasteiger partial charge is 0.249 e. The van der Waals surface area contributed by atoms with Crippen LogP contribution in [0.1, 0.15) is 21.9 Å². The molecule has 3 aromatic heterocycles. The molecule has 0 radical (unpaired) electrons. The molecule has 4 aromatic rings. The predicted octanol–water partition coefficient (Wildman–Crippen LogP) is 2.92. The zero-order valence-electron chi connectivity index (χ0n) is 12.3. The van der Waals surface area contributed by atoms with Crippen LogP contribution in [0.3, 0.4) is 0 Å². The van der Waals surface area contributed by atoms with E-state index in [0.717, 1.165) is 16.8 Å². The van der Waals surface area contributed by atoms with Gasteiger partial charge in [0.15, 0.2) is 17.1 Å². The zero-order valence-corrected chi connectivity index (χ0v) is 12.3. The summed E-state index contributed by atoms with van der Waals surface area (Å²) in [6.45, 7) is 1.91. The lowest BCUT2D eigenvalue weighted by atomic mass is 10.1. The number of benzene rings is 1. The molecule has 23 heavy (non-hydrogen) atoms. The predicted molar refractivity (Wildman–Crippen MR) is 83.1 cm³/mol. The summed E-state index contributed by atoms with van der Waals surface area (Å²) in [5.41, 5.74) is 3.56. The van der Waals surface area contributed by atoms with Gasteiger partial charge in [-0.1, -0.05) is 30.3 Å². The fraction of sp³-hybridized carbons (Fsp3) is 0.0588. The number of carbonyl (C=O) groups excluding carboxylic acids is 1. The van der Waals surface area contributed by atoms with Gasteiger partial charge in [-0.15, -0.1) is 10.2 Å². The molecule has 0 amide bonds. The Morgan fingerprint density at radius 1 is 1.09 bits per heavy atom. The highest BCUT2D eigenvalue weighted by Gasteiger charge is 2.18. The monoisotopic (exact) mass is 304 g/mol. The van der Waals surface area contributed by atoms with Gasteiger partial charge in [-0.3, -0.25) is 4.79 Å². The molecule has 0 aliphatic rings. The van der Waals surface area contributed by atoms with Crippen LogP contribution in [0.15, 0.2) is 59.3 Å². The Hall–Kier alpha value is -3.28. The lowest BCUT2D eigenvalue weighted by Crippen LogP contribution is -2.07. The highest BCUT2D eigenvalue weighted by Crippen LogP contribution is 2.26. The van der Waals surface area contributed by atoms with E-state index < -0.39 is 0 Å². The van der Waals surface area contributed by atoms with Crippen LogP contribution in [-0.4, -0.2) is 25.6 Å². The van der Waals surface area contributed by atoms with Gasteiger partial charge in [0.05, 0.1) is 23.7 Å². The van der Waals surface area contributed by atoms with E-state index in [1.54, 1.807) is 22.8 Å². The molecule has 4 rings (SSSR count). The highest BCUT2D eigenvalue weighted by atomic mass is 16.3. The van der Waals surface area contributed by atoms with Gasteiger partial charge in [0, 0.05) is 0 Å². The first-order valence-electron chi connectivity index (χ1n) is 7.10. The number of aryl methyl sites for hydroxylation is 1. The summed E-state index contributed by atoms with van der Waals surface area (Å²) in [4.78, 5) is 12.3. The first-order chi connectivity index (χ1) is 11.2. The van der Waals surface area contributed by atoms with E-state index in [1.807, 2.05) is 37.3 Å². The minimum atomic E-state index is -0.321. The molecular formula is C17H12N4O2. The number of carbonyl (C=O) groups is 1. The Morgan fingerprint density at radius 2 is 1.91 bits per heavy atom. The van der Waals surface area contributed by atoms with Gasteiger partial charge in [0.1, 0.15) is 0 Å². The number of nitrogens with zero attached hydrogens (tertiary/aromatic N) is 4. The van der Waals surface area contributed by atoms with E-state index >= 15 is 0 Å². The molecule has 0 saturated heterocycles. The third-order valence-corrected chi connectivity index (χ3v) is 3.60. The number of rotatable bonds is 3. The van der Waals surface area contributed by atoms with Crippen molar-refractivity contribution >= 4 is 11.4 Å². The van der Waals surface area contributed by atoms with Crippen molar-refractivity contribution < 1.29 is 9.21 Å². The second-order valence-electron chi connectivity index (χ2n) is 5.12. The van der Waals surface area contributed by atoms with E-state index in [2.05, 4.69) is 15.3 Å². The van der Waals surface area contributed by atoms with Crippen LogP contribution in [0.25, 0.3) is 16.8 Å². The number of ketones is 1. The second kappa shape index (κ2) is 5.17. The maximum atomic E-state index is 12.3. The summed E-state index contributed by atoms with van der Waals surface area (Å²) < 4.78 is 6.70. The van der Waals surface area contributed by atoms with Crippen LogP contribution in [0.4, 0.5) is 0 Å². The Morgan fingerprint density at radius 3 is 2.65 bits per heavy atom. The van der Waals surface area contributed by atoms with E-state index in [-0.39, 0.29) is 17.2 Å². The summed E-state index contributed by atoms with van der Waals surface area (Å²) in [7, 11) is 0.